The fourth-order valence-electron chi connectivity index (χ4n) is 1.69. The number of amides is 1. The standard InChI is InChI=1S/C17H35NO5/c1-5-10-20-11-7-6-8-12-21-14-15-22-13-9-18-16(19)23-17(2,3)4/h5-15H2,1-4H3,(H,18,19). The van der Waals surface area contributed by atoms with Gasteiger partial charge in [0.05, 0.1) is 19.8 Å². The van der Waals surface area contributed by atoms with E-state index in [2.05, 4.69) is 12.2 Å². The maximum atomic E-state index is 11.4. The zero-order chi connectivity index (χ0) is 17.4. The predicted molar refractivity (Wildman–Crippen MR) is 90.8 cm³/mol. The summed E-state index contributed by atoms with van der Waals surface area (Å²) in [5.41, 5.74) is -0.471. The van der Waals surface area contributed by atoms with Crippen LogP contribution in [0, 0.1) is 0 Å². The molecule has 0 atom stereocenters. The van der Waals surface area contributed by atoms with Gasteiger partial charge in [-0.1, -0.05) is 6.92 Å². The number of hydrogen-bond acceptors (Lipinski definition) is 5. The van der Waals surface area contributed by atoms with E-state index < -0.39 is 11.7 Å². The van der Waals surface area contributed by atoms with Gasteiger partial charge in [-0.15, -0.1) is 0 Å². The molecule has 0 saturated carbocycles. The van der Waals surface area contributed by atoms with Crippen LogP contribution in [0.25, 0.3) is 0 Å². The number of carbonyl (C=O) groups is 1. The van der Waals surface area contributed by atoms with Crippen molar-refractivity contribution in [3.8, 4) is 0 Å². The molecule has 23 heavy (non-hydrogen) atoms. The molecule has 0 aliphatic rings. The van der Waals surface area contributed by atoms with Crippen molar-refractivity contribution in [2.24, 2.45) is 0 Å². The summed E-state index contributed by atoms with van der Waals surface area (Å²) in [7, 11) is 0. The van der Waals surface area contributed by atoms with Crippen LogP contribution >= 0.6 is 0 Å². The Morgan fingerprint density at radius 3 is 1.96 bits per heavy atom. The van der Waals surface area contributed by atoms with E-state index in [0.29, 0.717) is 26.4 Å². The van der Waals surface area contributed by atoms with Crippen molar-refractivity contribution in [2.75, 3.05) is 46.2 Å². The smallest absolute Gasteiger partial charge is 0.407 e. The van der Waals surface area contributed by atoms with E-state index in [1.54, 1.807) is 0 Å². The van der Waals surface area contributed by atoms with Crippen molar-refractivity contribution >= 4 is 6.09 Å². The van der Waals surface area contributed by atoms with E-state index in [1.165, 1.54) is 0 Å². The molecule has 0 saturated heterocycles. The fourth-order valence-corrected chi connectivity index (χ4v) is 1.69. The van der Waals surface area contributed by atoms with Crippen molar-refractivity contribution in [1.29, 1.82) is 0 Å². The van der Waals surface area contributed by atoms with Crippen LogP contribution in [0.2, 0.25) is 0 Å². The van der Waals surface area contributed by atoms with E-state index in [9.17, 15) is 4.79 Å². The Morgan fingerprint density at radius 2 is 1.39 bits per heavy atom. The summed E-state index contributed by atoms with van der Waals surface area (Å²) in [6.07, 6.45) is 3.94. The zero-order valence-electron chi connectivity index (χ0n) is 15.3. The zero-order valence-corrected chi connectivity index (χ0v) is 15.3. The first-order valence-corrected chi connectivity index (χ1v) is 8.66. The lowest BCUT2D eigenvalue weighted by atomic mass is 10.2. The Morgan fingerprint density at radius 1 is 0.826 bits per heavy atom. The molecule has 0 bridgehead atoms. The van der Waals surface area contributed by atoms with Crippen LogP contribution < -0.4 is 5.32 Å². The average molecular weight is 333 g/mol. The second kappa shape index (κ2) is 14.7. The molecule has 0 unspecified atom stereocenters. The predicted octanol–water partition coefficient (Wildman–Crippen LogP) is 3.14. The molecule has 0 heterocycles. The molecule has 1 N–H and O–H groups in total. The lowest BCUT2D eigenvalue weighted by Gasteiger charge is -2.19. The lowest BCUT2D eigenvalue weighted by Crippen LogP contribution is -2.34. The van der Waals surface area contributed by atoms with Gasteiger partial charge in [-0.05, 0) is 46.5 Å². The number of alkyl carbamates (subject to hydrolysis) is 1. The Balaban J connectivity index is 3.15. The number of ether oxygens (including phenoxy) is 4. The van der Waals surface area contributed by atoms with Gasteiger partial charge in [-0.25, -0.2) is 4.79 Å². The van der Waals surface area contributed by atoms with Gasteiger partial charge in [0.15, 0.2) is 0 Å². The Hall–Kier alpha value is -0.850. The van der Waals surface area contributed by atoms with Crippen molar-refractivity contribution < 1.29 is 23.7 Å². The molecule has 0 aliphatic heterocycles. The van der Waals surface area contributed by atoms with Crippen LogP contribution in [0.5, 0.6) is 0 Å². The third-order valence-corrected chi connectivity index (χ3v) is 2.71. The van der Waals surface area contributed by atoms with Gasteiger partial charge in [0, 0.05) is 26.4 Å². The maximum Gasteiger partial charge on any atom is 0.407 e. The summed E-state index contributed by atoms with van der Waals surface area (Å²) < 4.78 is 21.4. The number of unbranched alkanes of at least 4 members (excludes halogenated alkanes) is 2. The van der Waals surface area contributed by atoms with Gasteiger partial charge in [0.2, 0.25) is 0 Å². The topological polar surface area (TPSA) is 66.0 Å². The quantitative estimate of drug-likeness (QED) is 0.495. The summed E-state index contributed by atoms with van der Waals surface area (Å²) >= 11 is 0. The fraction of sp³-hybridized carbons (Fsp3) is 0.941. The molecule has 0 aromatic heterocycles. The molecule has 0 aromatic carbocycles. The lowest BCUT2D eigenvalue weighted by molar-refractivity contribution is 0.0387. The van der Waals surface area contributed by atoms with Crippen LogP contribution in [0.15, 0.2) is 0 Å². The third kappa shape index (κ3) is 19.1. The largest absolute Gasteiger partial charge is 0.444 e. The normalized spacial score (nSPS) is 11.5. The molecular weight excluding hydrogens is 298 g/mol. The second-order valence-electron chi connectivity index (χ2n) is 6.33. The summed E-state index contributed by atoms with van der Waals surface area (Å²) in [4.78, 5) is 11.4. The molecule has 0 aliphatic carbocycles. The van der Waals surface area contributed by atoms with Gasteiger partial charge in [0.1, 0.15) is 5.60 Å². The summed E-state index contributed by atoms with van der Waals surface area (Å²) in [5.74, 6) is 0. The van der Waals surface area contributed by atoms with Gasteiger partial charge in [-0.2, -0.15) is 0 Å². The van der Waals surface area contributed by atoms with Gasteiger partial charge in [-0.3, -0.25) is 0 Å². The number of carbonyl (C=O) groups excluding carboxylic acids is 1. The summed E-state index contributed by atoms with van der Waals surface area (Å²) in [6, 6.07) is 0. The van der Waals surface area contributed by atoms with Gasteiger partial charge >= 0.3 is 6.09 Å². The molecular formula is C17H35NO5. The van der Waals surface area contributed by atoms with Crippen molar-refractivity contribution in [3.05, 3.63) is 0 Å². The van der Waals surface area contributed by atoms with Crippen LogP contribution in [-0.4, -0.2) is 57.9 Å². The molecule has 0 aromatic rings. The first kappa shape index (κ1) is 22.1. The molecule has 1 amide bonds. The highest BCUT2D eigenvalue weighted by Gasteiger charge is 2.15. The molecule has 6 nitrogen and oxygen atoms in total. The number of nitrogens with one attached hydrogen (secondary N) is 1. The average Bonchev–Trinajstić information content (AvgIpc) is 2.46. The van der Waals surface area contributed by atoms with Gasteiger partial charge in [0.25, 0.3) is 0 Å². The minimum absolute atomic E-state index is 0.416. The van der Waals surface area contributed by atoms with Crippen molar-refractivity contribution in [3.63, 3.8) is 0 Å². The Bertz CT molecular complexity index is 279. The van der Waals surface area contributed by atoms with E-state index in [-0.39, 0.29) is 0 Å². The Kier molecular flexibility index (Phi) is 14.2. The van der Waals surface area contributed by atoms with Gasteiger partial charge < -0.3 is 24.3 Å². The SMILES string of the molecule is CCCOCCCCCOCCOCCNC(=O)OC(C)(C)C. The van der Waals surface area contributed by atoms with E-state index in [1.807, 2.05) is 20.8 Å². The number of hydrogen-bond donors (Lipinski definition) is 1. The van der Waals surface area contributed by atoms with Crippen LogP contribution in [-0.2, 0) is 18.9 Å². The minimum atomic E-state index is -0.471. The molecule has 0 radical (unpaired) electrons. The van der Waals surface area contributed by atoms with E-state index in [0.717, 1.165) is 45.5 Å². The monoisotopic (exact) mass is 333 g/mol. The third-order valence-electron chi connectivity index (χ3n) is 2.71. The van der Waals surface area contributed by atoms with Crippen molar-refractivity contribution in [1.82, 2.24) is 5.32 Å². The minimum Gasteiger partial charge on any atom is -0.444 e. The van der Waals surface area contributed by atoms with Crippen LogP contribution in [0.3, 0.4) is 0 Å². The summed E-state index contributed by atoms with van der Waals surface area (Å²) in [5, 5.41) is 2.64. The number of rotatable bonds is 14. The van der Waals surface area contributed by atoms with E-state index in [4.69, 9.17) is 18.9 Å². The first-order chi connectivity index (χ1) is 11.0. The molecule has 0 rings (SSSR count). The highest BCUT2D eigenvalue weighted by molar-refractivity contribution is 5.67. The van der Waals surface area contributed by atoms with E-state index >= 15 is 0 Å². The molecule has 138 valence electrons. The molecule has 6 heteroatoms. The summed E-state index contributed by atoms with van der Waals surface area (Å²) in [6.45, 7) is 12.1. The maximum absolute atomic E-state index is 11.4. The van der Waals surface area contributed by atoms with Crippen LogP contribution in [0.1, 0.15) is 53.4 Å². The highest BCUT2D eigenvalue weighted by atomic mass is 16.6. The van der Waals surface area contributed by atoms with Crippen LogP contribution in [0.4, 0.5) is 4.79 Å². The first-order valence-electron chi connectivity index (χ1n) is 8.66. The Labute approximate surface area is 141 Å². The highest BCUT2D eigenvalue weighted by Crippen LogP contribution is 2.06. The molecule has 0 fully saturated rings. The molecule has 0 spiro atoms. The van der Waals surface area contributed by atoms with Crippen molar-refractivity contribution in [2.45, 2.75) is 59.0 Å². The second-order valence-corrected chi connectivity index (χ2v) is 6.33.